The molecule has 1 aromatic rings. The van der Waals surface area contributed by atoms with Crippen molar-refractivity contribution in [3.63, 3.8) is 0 Å². The number of aryl methyl sites for hydroxylation is 1. The molecule has 2 unspecified atom stereocenters. The highest BCUT2D eigenvalue weighted by atomic mass is 32.2. The van der Waals surface area contributed by atoms with Crippen molar-refractivity contribution in [3.05, 3.63) is 5.82 Å². The average Bonchev–Trinajstić information content (AvgIpc) is 2.95. The van der Waals surface area contributed by atoms with Crippen LogP contribution in [0.2, 0.25) is 0 Å². The monoisotopic (exact) mass is 270 g/mol. The molecule has 1 N–H and O–H groups in total. The summed E-state index contributed by atoms with van der Waals surface area (Å²) in [5, 5.41) is 13.2. The summed E-state index contributed by atoms with van der Waals surface area (Å²) in [6, 6.07) is 0. The molecule has 2 heterocycles. The molecule has 1 aliphatic rings. The first-order valence-corrected chi connectivity index (χ1v) is 7.39. The molecule has 0 aromatic carbocycles. The molecule has 0 radical (unpaired) electrons. The van der Waals surface area contributed by atoms with Crippen molar-refractivity contribution in [2.24, 2.45) is 7.05 Å². The van der Waals surface area contributed by atoms with Crippen LogP contribution in [-0.4, -0.2) is 45.8 Å². The molecule has 1 aromatic heterocycles. The van der Waals surface area contributed by atoms with E-state index >= 15 is 0 Å². The summed E-state index contributed by atoms with van der Waals surface area (Å²) in [5.41, 5.74) is 0. The van der Waals surface area contributed by atoms with Crippen LogP contribution in [0.4, 0.5) is 0 Å². The molecule has 0 bridgehead atoms. The summed E-state index contributed by atoms with van der Waals surface area (Å²) in [5.74, 6) is 0.956. The molecule has 5 nitrogen and oxygen atoms in total. The second-order valence-corrected chi connectivity index (χ2v) is 6.22. The first kappa shape index (κ1) is 13.8. The fourth-order valence-electron chi connectivity index (χ4n) is 1.96. The van der Waals surface area contributed by atoms with Crippen molar-refractivity contribution in [2.45, 2.75) is 43.2 Å². The third-order valence-electron chi connectivity index (χ3n) is 3.19. The van der Waals surface area contributed by atoms with Gasteiger partial charge in [0.15, 0.2) is 5.16 Å². The van der Waals surface area contributed by atoms with Gasteiger partial charge in [0.25, 0.3) is 0 Å². The number of aromatic nitrogens is 3. The largest absolute Gasteiger partial charge is 0.377 e. The number of nitrogens with zero attached hydrogens (tertiary/aromatic N) is 3. The molecular formula is C12H22N4OS. The minimum atomic E-state index is 0.416. The minimum Gasteiger partial charge on any atom is -0.377 e. The summed E-state index contributed by atoms with van der Waals surface area (Å²) >= 11 is 1.76. The van der Waals surface area contributed by atoms with E-state index in [-0.39, 0.29) is 0 Å². The lowest BCUT2D eigenvalue weighted by molar-refractivity contribution is 0.110. The van der Waals surface area contributed by atoms with Crippen molar-refractivity contribution in [3.8, 4) is 0 Å². The Morgan fingerprint density at radius 1 is 1.56 bits per heavy atom. The average molecular weight is 270 g/mol. The molecule has 0 saturated carbocycles. The van der Waals surface area contributed by atoms with Crippen molar-refractivity contribution < 1.29 is 4.74 Å². The van der Waals surface area contributed by atoms with Gasteiger partial charge in [-0.15, -0.1) is 10.2 Å². The third kappa shape index (κ3) is 3.70. The summed E-state index contributed by atoms with van der Waals surface area (Å²) in [7, 11) is 2.00. The second kappa shape index (κ2) is 6.54. The van der Waals surface area contributed by atoms with Crippen LogP contribution in [0.3, 0.4) is 0 Å². The lowest BCUT2D eigenvalue weighted by Crippen LogP contribution is -2.30. The lowest BCUT2D eigenvalue weighted by atomic mass is 10.2. The number of nitrogens with one attached hydrogen (secondary N) is 1. The quantitative estimate of drug-likeness (QED) is 0.791. The Bertz CT molecular complexity index is 376. The van der Waals surface area contributed by atoms with Gasteiger partial charge in [-0.05, 0) is 19.8 Å². The Kier molecular flexibility index (Phi) is 5.03. The fraction of sp³-hybridized carbons (Fsp3) is 0.833. The number of rotatable bonds is 6. The van der Waals surface area contributed by atoms with Crippen LogP contribution in [0, 0.1) is 6.92 Å². The molecule has 2 rings (SSSR count). The molecule has 0 spiro atoms. The van der Waals surface area contributed by atoms with Gasteiger partial charge < -0.3 is 14.6 Å². The molecule has 0 amide bonds. The summed E-state index contributed by atoms with van der Waals surface area (Å²) in [6.07, 6.45) is 2.81. The van der Waals surface area contributed by atoms with E-state index in [1.54, 1.807) is 11.8 Å². The third-order valence-corrected chi connectivity index (χ3v) is 4.32. The minimum absolute atomic E-state index is 0.416. The van der Waals surface area contributed by atoms with Crippen LogP contribution in [-0.2, 0) is 11.8 Å². The van der Waals surface area contributed by atoms with E-state index in [0.717, 1.165) is 30.7 Å². The predicted molar refractivity (Wildman–Crippen MR) is 72.9 cm³/mol. The highest BCUT2D eigenvalue weighted by Gasteiger charge is 2.16. The van der Waals surface area contributed by atoms with Crippen LogP contribution >= 0.6 is 11.8 Å². The van der Waals surface area contributed by atoms with E-state index in [2.05, 4.69) is 22.4 Å². The lowest BCUT2D eigenvalue weighted by Gasteiger charge is -2.14. The Labute approximate surface area is 113 Å². The SMILES string of the molecule is Cc1nnc(SC(C)CNCC2CCCO2)n1C. The van der Waals surface area contributed by atoms with E-state index < -0.39 is 0 Å². The fourth-order valence-corrected chi connectivity index (χ4v) is 2.90. The van der Waals surface area contributed by atoms with Crippen LogP contribution in [0.1, 0.15) is 25.6 Å². The Hall–Kier alpha value is -0.590. The van der Waals surface area contributed by atoms with E-state index in [0.29, 0.717) is 11.4 Å². The number of ether oxygens (including phenoxy) is 1. The second-order valence-electron chi connectivity index (χ2n) is 4.81. The van der Waals surface area contributed by atoms with Gasteiger partial charge in [0.05, 0.1) is 6.10 Å². The van der Waals surface area contributed by atoms with Crippen molar-refractivity contribution in [2.75, 3.05) is 19.7 Å². The first-order chi connectivity index (χ1) is 8.66. The van der Waals surface area contributed by atoms with Crippen molar-refractivity contribution >= 4 is 11.8 Å². The van der Waals surface area contributed by atoms with Gasteiger partial charge in [-0.1, -0.05) is 18.7 Å². The molecule has 0 aliphatic carbocycles. The van der Waals surface area contributed by atoms with E-state index in [9.17, 15) is 0 Å². The Morgan fingerprint density at radius 3 is 3.00 bits per heavy atom. The molecule has 1 aliphatic heterocycles. The van der Waals surface area contributed by atoms with Crippen molar-refractivity contribution in [1.82, 2.24) is 20.1 Å². The van der Waals surface area contributed by atoms with E-state index in [1.807, 2.05) is 18.5 Å². The molecule has 6 heteroatoms. The molecule has 2 atom stereocenters. The Balaban J connectivity index is 1.68. The van der Waals surface area contributed by atoms with Crippen molar-refractivity contribution in [1.29, 1.82) is 0 Å². The topological polar surface area (TPSA) is 52.0 Å². The zero-order chi connectivity index (χ0) is 13.0. The van der Waals surface area contributed by atoms with Crippen LogP contribution in [0.25, 0.3) is 0 Å². The number of thioether (sulfide) groups is 1. The summed E-state index contributed by atoms with van der Waals surface area (Å²) in [6.45, 7) is 7.03. The highest BCUT2D eigenvalue weighted by Crippen LogP contribution is 2.20. The predicted octanol–water partition coefficient (Wildman–Crippen LogP) is 1.37. The Morgan fingerprint density at radius 2 is 2.39 bits per heavy atom. The molecule has 102 valence electrons. The van der Waals surface area contributed by atoms with Gasteiger partial charge in [-0.2, -0.15) is 0 Å². The van der Waals surface area contributed by atoms with E-state index in [1.165, 1.54) is 12.8 Å². The van der Waals surface area contributed by atoms with Gasteiger partial charge in [0.2, 0.25) is 0 Å². The molecule has 1 fully saturated rings. The van der Waals surface area contributed by atoms with Gasteiger partial charge in [0.1, 0.15) is 5.82 Å². The zero-order valence-corrected chi connectivity index (χ0v) is 12.2. The maximum absolute atomic E-state index is 5.58. The van der Waals surface area contributed by atoms with E-state index in [4.69, 9.17) is 4.74 Å². The number of hydrogen-bond acceptors (Lipinski definition) is 5. The zero-order valence-electron chi connectivity index (χ0n) is 11.3. The standard InChI is InChI=1S/C12H22N4OS/c1-9(7-13-8-11-5-4-6-17-11)18-12-15-14-10(2)16(12)3/h9,11,13H,4-8H2,1-3H3. The van der Waals surface area contributed by atoms with Gasteiger partial charge in [-0.3, -0.25) is 0 Å². The maximum atomic E-state index is 5.58. The van der Waals surface area contributed by atoms with Gasteiger partial charge >= 0.3 is 0 Å². The molecule has 1 saturated heterocycles. The molecule has 18 heavy (non-hydrogen) atoms. The first-order valence-electron chi connectivity index (χ1n) is 6.52. The van der Waals surface area contributed by atoms with Gasteiger partial charge in [0, 0.05) is 32.0 Å². The van der Waals surface area contributed by atoms with Gasteiger partial charge in [-0.25, -0.2) is 0 Å². The summed E-state index contributed by atoms with van der Waals surface area (Å²) in [4.78, 5) is 0. The normalized spacial score (nSPS) is 21.4. The van der Waals surface area contributed by atoms with Crippen LogP contribution in [0.15, 0.2) is 5.16 Å². The smallest absolute Gasteiger partial charge is 0.191 e. The summed E-state index contributed by atoms with van der Waals surface area (Å²) < 4.78 is 7.61. The van der Waals surface area contributed by atoms with Crippen LogP contribution < -0.4 is 5.32 Å². The highest BCUT2D eigenvalue weighted by molar-refractivity contribution is 7.99. The molecular weight excluding hydrogens is 248 g/mol. The number of hydrogen-bond donors (Lipinski definition) is 1. The maximum Gasteiger partial charge on any atom is 0.191 e. The van der Waals surface area contributed by atoms with Crippen LogP contribution in [0.5, 0.6) is 0 Å².